The van der Waals surface area contributed by atoms with Crippen molar-refractivity contribution in [3.05, 3.63) is 92.9 Å². The second-order valence-electron chi connectivity index (χ2n) is 8.33. The molecule has 0 aliphatic carbocycles. The summed E-state index contributed by atoms with van der Waals surface area (Å²) >= 11 is 3.32. The van der Waals surface area contributed by atoms with E-state index in [9.17, 15) is 31.2 Å². The number of aromatic amines is 1. The van der Waals surface area contributed by atoms with Gasteiger partial charge < -0.3 is 14.6 Å². The summed E-state index contributed by atoms with van der Waals surface area (Å²) in [4.78, 5) is 30.2. The molecule has 1 unspecified atom stereocenters. The van der Waals surface area contributed by atoms with Gasteiger partial charge in [0.15, 0.2) is 9.84 Å². The van der Waals surface area contributed by atoms with Crippen molar-refractivity contribution in [1.29, 1.82) is 0 Å². The van der Waals surface area contributed by atoms with Crippen LogP contribution in [0.25, 0.3) is 0 Å². The topological polar surface area (TPSA) is 96.5 Å². The van der Waals surface area contributed by atoms with Crippen LogP contribution in [0, 0.1) is 6.92 Å². The highest BCUT2D eigenvalue weighted by molar-refractivity contribution is 9.09. The Morgan fingerprint density at radius 3 is 2.32 bits per heavy atom. The molecule has 3 aromatic rings. The van der Waals surface area contributed by atoms with Gasteiger partial charge in [-0.3, -0.25) is 9.59 Å². The predicted molar refractivity (Wildman–Crippen MR) is 137 cm³/mol. The Kier molecular flexibility index (Phi) is 8.66. The molecule has 12 heteroatoms. The van der Waals surface area contributed by atoms with Crippen molar-refractivity contribution >= 4 is 37.4 Å². The fourth-order valence-corrected chi connectivity index (χ4v) is 4.95. The molecule has 0 aliphatic heterocycles. The second-order valence-corrected chi connectivity index (χ2v) is 11.0. The van der Waals surface area contributed by atoms with E-state index >= 15 is 0 Å². The lowest BCUT2D eigenvalue weighted by atomic mass is 10.0. The molecule has 1 amide bonds. The number of sulfone groups is 1. The number of amides is 1. The first-order valence-electron chi connectivity index (χ1n) is 10.9. The number of halogens is 4. The molecule has 37 heavy (non-hydrogen) atoms. The van der Waals surface area contributed by atoms with E-state index < -0.39 is 39.1 Å². The zero-order chi connectivity index (χ0) is 27.5. The molecule has 0 saturated heterocycles. The highest BCUT2D eigenvalue weighted by atomic mass is 79.9. The van der Waals surface area contributed by atoms with E-state index in [1.165, 1.54) is 49.6 Å². The zero-order valence-corrected chi connectivity index (χ0v) is 22.5. The maximum Gasteiger partial charge on any atom is 0.416 e. The van der Waals surface area contributed by atoms with Gasteiger partial charge in [0, 0.05) is 35.6 Å². The van der Waals surface area contributed by atoms with Gasteiger partial charge in [0.25, 0.3) is 11.5 Å². The highest BCUT2D eigenvalue weighted by Crippen LogP contribution is 2.33. The molecule has 0 spiro atoms. The first-order valence-corrected chi connectivity index (χ1v) is 13.9. The zero-order valence-electron chi connectivity index (χ0n) is 20.1. The van der Waals surface area contributed by atoms with Gasteiger partial charge in [0.05, 0.1) is 23.1 Å². The molecular weight excluding hydrogens is 577 g/mol. The number of alkyl halides is 4. The number of aryl methyl sites for hydroxylation is 1. The number of carbonyl (C=O) groups excluding carboxylic acids is 1. The van der Waals surface area contributed by atoms with Crippen molar-refractivity contribution in [2.24, 2.45) is 0 Å². The number of carbonyl (C=O) groups is 1. The van der Waals surface area contributed by atoms with Crippen molar-refractivity contribution in [2.45, 2.75) is 30.6 Å². The second kappa shape index (κ2) is 11.2. The van der Waals surface area contributed by atoms with Crippen molar-refractivity contribution < 1.29 is 31.1 Å². The van der Waals surface area contributed by atoms with Gasteiger partial charge in [0.2, 0.25) is 0 Å². The van der Waals surface area contributed by atoms with Crippen molar-refractivity contribution in [3.8, 4) is 0 Å². The number of pyridine rings is 1. The summed E-state index contributed by atoms with van der Waals surface area (Å²) in [6.07, 6.45) is -4.10. The summed E-state index contributed by atoms with van der Waals surface area (Å²) in [5.41, 5.74) is -0.588. The minimum atomic E-state index is -4.65. The number of hydrogen-bond acceptors (Lipinski definition) is 5. The van der Waals surface area contributed by atoms with Gasteiger partial charge in [-0.15, -0.1) is 0 Å². The molecule has 1 atom stereocenters. The molecule has 198 valence electrons. The number of methoxy groups -OCH3 is 1. The molecule has 0 saturated carbocycles. The molecule has 0 bridgehead atoms. The van der Waals surface area contributed by atoms with Crippen LogP contribution in [0.2, 0.25) is 0 Å². The molecule has 2 aromatic carbocycles. The number of nitrogens with one attached hydrogen (secondary N) is 1. The summed E-state index contributed by atoms with van der Waals surface area (Å²) < 4.78 is 69.3. The van der Waals surface area contributed by atoms with E-state index in [2.05, 4.69) is 20.9 Å². The van der Waals surface area contributed by atoms with Crippen molar-refractivity contribution in [2.75, 3.05) is 23.6 Å². The monoisotopic (exact) mass is 600 g/mol. The van der Waals surface area contributed by atoms with Gasteiger partial charge >= 0.3 is 6.18 Å². The Labute approximate surface area is 220 Å². The summed E-state index contributed by atoms with van der Waals surface area (Å²) in [6.45, 7) is 1.42. The third-order valence-corrected chi connectivity index (χ3v) is 7.42. The van der Waals surface area contributed by atoms with Gasteiger partial charge in [-0.2, -0.15) is 13.2 Å². The van der Waals surface area contributed by atoms with Crippen LogP contribution in [0.3, 0.4) is 0 Å². The Hall–Kier alpha value is -2.96. The van der Waals surface area contributed by atoms with Gasteiger partial charge in [0.1, 0.15) is 5.56 Å². The van der Waals surface area contributed by atoms with Crippen LogP contribution < -0.4 is 10.5 Å². The standard InChI is InChI=1S/C25H24BrF3N2O5S/c1-15-20(22(13-26)36-2)12-21(23(32)30-15)24(33)31(18-6-4-5-17(11-18)25(27,28)29)14-16-7-9-19(10-8-16)37(3,34)35/h4-12,22H,13-14H2,1-3H3,(H,30,32). The maximum absolute atomic E-state index is 13.7. The number of rotatable bonds is 8. The lowest BCUT2D eigenvalue weighted by molar-refractivity contribution is -0.137. The Bertz CT molecular complexity index is 1450. The lowest BCUT2D eigenvalue weighted by Gasteiger charge is -2.25. The first kappa shape index (κ1) is 28.6. The molecule has 1 aromatic heterocycles. The van der Waals surface area contributed by atoms with E-state index in [0.29, 0.717) is 22.2 Å². The van der Waals surface area contributed by atoms with Crippen molar-refractivity contribution in [3.63, 3.8) is 0 Å². The molecule has 7 nitrogen and oxygen atoms in total. The van der Waals surface area contributed by atoms with Crippen LogP contribution in [0.5, 0.6) is 0 Å². The third kappa shape index (κ3) is 6.68. The molecule has 3 rings (SSSR count). The van der Waals surface area contributed by atoms with Gasteiger partial charge in [-0.1, -0.05) is 34.1 Å². The Morgan fingerprint density at radius 1 is 1.14 bits per heavy atom. The summed E-state index contributed by atoms with van der Waals surface area (Å²) in [7, 11) is -2.01. The molecule has 0 radical (unpaired) electrons. The average Bonchev–Trinajstić information content (AvgIpc) is 2.83. The fraction of sp³-hybridized carbons (Fsp3) is 0.280. The quantitative estimate of drug-likeness (QED) is 0.366. The van der Waals surface area contributed by atoms with Crippen LogP contribution in [-0.4, -0.2) is 38.0 Å². The molecule has 0 aliphatic rings. The highest BCUT2D eigenvalue weighted by Gasteiger charge is 2.32. The number of benzene rings is 2. The molecular formula is C25H24BrF3N2O5S. The number of H-pyrrole nitrogens is 1. The van der Waals surface area contributed by atoms with Crippen LogP contribution in [0.1, 0.15) is 38.8 Å². The normalized spacial score (nSPS) is 12.8. The van der Waals surface area contributed by atoms with E-state index in [1.807, 2.05) is 0 Å². The van der Waals surface area contributed by atoms with Crippen LogP contribution in [0.15, 0.2) is 64.3 Å². The van der Waals surface area contributed by atoms with Crippen molar-refractivity contribution in [1.82, 2.24) is 4.98 Å². The van der Waals surface area contributed by atoms with Gasteiger partial charge in [-0.05, 0) is 48.9 Å². The largest absolute Gasteiger partial charge is 0.416 e. The SMILES string of the molecule is COC(CBr)c1cc(C(=O)N(Cc2ccc(S(C)(=O)=O)cc2)c2cccc(C(F)(F)F)c2)c(=O)[nH]c1C. The van der Waals surface area contributed by atoms with E-state index in [1.54, 1.807) is 6.92 Å². The van der Waals surface area contributed by atoms with E-state index in [4.69, 9.17) is 4.74 Å². The molecule has 0 fully saturated rings. The molecule has 1 N–H and O–H groups in total. The first-order chi connectivity index (χ1) is 17.3. The number of ether oxygens (including phenoxy) is 1. The number of nitrogens with zero attached hydrogens (tertiary/aromatic N) is 1. The average molecular weight is 601 g/mol. The minimum Gasteiger partial charge on any atom is -0.376 e. The minimum absolute atomic E-state index is 0.0493. The van der Waals surface area contributed by atoms with Crippen LogP contribution in [-0.2, 0) is 27.3 Å². The van der Waals surface area contributed by atoms with Crippen LogP contribution >= 0.6 is 15.9 Å². The summed E-state index contributed by atoms with van der Waals surface area (Å²) in [6, 6.07) is 11.2. The van der Waals surface area contributed by atoms with Gasteiger partial charge in [-0.25, -0.2) is 8.42 Å². The number of aromatic nitrogens is 1. The number of anilines is 1. The fourth-order valence-electron chi connectivity index (χ4n) is 3.71. The number of hydrogen-bond donors (Lipinski definition) is 1. The van der Waals surface area contributed by atoms with E-state index in [0.717, 1.165) is 23.3 Å². The van der Waals surface area contributed by atoms with Crippen LogP contribution in [0.4, 0.5) is 18.9 Å². The summed E-state index contributed by atoms with van der Waals surface area (Å²) in [5, 5.41) is 0.369. The van der Waals surface area contributed by atoms with E-state index in [-0.39, 0.29) is 22.7 Å². The maximum atomic E-state index is 13.7. The summed E-state index contributed by atoms with van der Waals surface area (Å²) in [5.74, 6) is -0.835. The lowest BCUT2D eigenvalue weighted by Crippen LogP contribution is -2.35. The third-order valence-electron chi connectivity index (χ3n) is 5.70. The Balaban J connectivity index is 2.14. The molecule has 1 heterocycles. The Morgan fingerprint density at radius 2 is 1.78 bits per heavy atom. The smallest absolute Gasteiger partial charge is 0.376 e. The predicted octanol–water partition coefficient (Wildman–Crippen LogP) is 5.04.